The summed E-state index contributed by atoms with van der Waals surface area (Å²) in [6.45, 7) is 2.15. The first kappa shape index (κ1) is 7.94. The van der Waals surface area contributed by atoms with E-state index in [2.05, 4.69) is 0 Å². The molecule has 0 aromatic heterocycles. The minimum Gasteiger partial charge on any atom is -0.480 e. The molecule has 0 amide bonds. The van der Waals surface area contributed by atoms with Crippen LogP contribution in [0.4, 0.5) is 0 Å². The van der Waals surface area contributed by atoms with Gasteiger partial charge in [0.05, 0.1) is 0 Å². The van der Waals surface area contributed by atoms with Crippen molar-refractivity contribution in [2.24, 2.45) is 5.41 Å². The van der Waals surface area contributed by atoms with E-state index in [4.69, 9.17) is 5.11 Å². The summed E-state index contributed by atoms with van der Waals surface area (Å²) in [5.74, 6) is -2.96. The van der Waals surface area contributed by atoms with Gasteiger partial charge >= 0.3 is 11.9 Å². The number of carboxylic acids is 1. The van der Waals surface area contributed by atoms with Crippen molar-refractivity contribution >= 4 is 11.9 Å². The Morgan fingerprint density at radius 1 is 1.33 bits per heavy atom. The number of hydrogen-bond acceptors (Lipinski definition) is 2. The molecule has 0 saturated heterocycles. The predicted molar refractivity (Wildman–Crippen MR) is 27.1 cm³/mol. The van der Waals surface area contributed by atoms with Crippen molar-refractivity contribution in [2.75, 3.05) is 0 Å². The van der Waals surface area contributed by atoms with Gasteiger partial charge in [0.25, 0.3) is 0 Å². The summed E-state index contributed by atoms with van der Waals surface area (Å²) in [4.78, 5) is 20.0. The van der Waals surface area contributed by atoms with Crippen molar-refractivity contribution in [2.45, 2.75) is 13.8 Å². The molecule has 0 aromatic carbocycles. The molecule has 0 aliphatic rings. The molecule has 51 valence electrons. The first-order valence-electron chi connectivity index (χ1n) is 2.34. The van der Waals surface area contributed by atoms with E-state index in [0.717, 1.165) is 13.8 Å². The van der Waals surface area contributed by atoms with Crippen molar-refractivity contribution in [3.05, 3.63) is 0 Å². The molecule has 0 atom stereocenters. The average molecular weight is 131 g/mol. The van der Waals surface area contributed by atoms with Crippen LogP contribution in [0.15, 0.2) is 0 Å². The van der Waals surface area contributed by atoms with Crippen molar-refractivity contribution in [3.8, 4) is 0 Å². The summed E-state index contributed by atoms with van der Waals surface area (Å²) >= 11 is 0. The maximum Gasteiger partial charge on any atom is 0.372 e. The number of carboxylic acid groups (broad SMARTS) is 1. The number of aliphatic carboxylic acids is 1. The Hall–Kier alpha value is -1.06. The van der Waals surface area contributed by atoms with Crippen LogP contribution >= 0.6 is 0 Å². The third-order valence-electron chi connectivity index (χ3n) is 1.04. The molecule has 0 aliphatic carbocycles. The van der Waals surface area contributed by atoms with Gasteiger partial charge in [-0.05, 0) is 13.8 Å². The zero-order valence-corrected chi connectivity index (χ0v) is 5.17. The van der Waals surface area contributed by atoms with E-state index >= 15 is 0 Å². The van der Waals surface area contributed by atoms with Crippen LogP contribution in [0.3, 0.4) is 0 Å². The fourth-order valence-electron chi connectivity index (χ4n) is 0.0873. The van der Waals surface area contributed by atoms with Gasteiger partial charge in [-0.3, -0.25) is 4.79 Å². The molecule has 0 fully saturated rings. The molecule has 0 heterocycles. The molecule has 4 nitrogen and oxygen atoms in total. The van der Waals surface area contributed by atoms with E-state index in [1.807, 2.05) is 0 Å². The van der Waals surface area contributed by atoms with E-state index in [1.54, 1.807) is 0 Å². The second-order valence-electron chi connectivity index (χ2n) is 2.22. The van der Waals surface area contributed by atoms with Gasteiger partial charge in [-0.2, -0.15) is 0 Å². The summed E-state index contributed by atoms with van der Waals surface area (Å²) in [7, 11) is 0. The molecule has 0 rings (SSSR count). The van der Waals surface area contributed by atoms with Gasteiger partial charge in [-0.15, -0.1) is 0 Å². The van der Waals surface area contributed by atoms with Gasteiger partial charge in [0.2, 0.25) is 0 Å². The molecule has 0 aliphatic heterocycles. The molecule has 0 spiro atoms. The number of rotatable bonds is 2. The zero-order valence-electron chi connectivity index (χ0n) is 5.17. The van der Waals surface area contributed by atoms with Crippen LogP contribution in [0.25, 0.3) is 0 Å². The maximum atomic E-state index is 10.0. The zero-order chi connectivity index (χ0) is 7.65. The lowest BCUT2D eigenvalue weighted by molar-refractivity contribution is -0.165. The quantitative estimate of drug-likeness (QED) is 0.538. The molecule has 4 heteroatoms. The van der Waals surface area contributed by atoms with E-state index < -0.39 is 17.4 Å². The van der Waals surface area contributed by atoms with Gasteiger partial charge in [-0.1, -0.05) is 0 Å². The van der Waals surface area contributed by atoms with E-state index in [1.165, 1.54) is 0 Å². The Balaban J connectivity index is 4.38. The number of carbonyl (C=O) groups is 2. The predicted octanol–water partition coefficient (Wildman–Crippen LogP) is 0.0543. The first-order valence-corrected chi connectivity index (χ1v) is 2.34. The lowest BCUT2D eigenvalue weighted by atomic mass is 9.95. The molecule has 0 saturated carbocycles. The van der Waals surface area contributed by atoms with Crippen LogP contribution in [0, 0.1) is 5.41 Å². The Morgan fingerprint density at radius 2 is 1.67 bits per heavy atom. The minimum absolute atomic E-state index is 1.07. The van der Waals surface area contributed by atoms with Gasteiger partial charge in [0.15, 0.2) is 5.41 Å². The van der Waals surface area contributed by atoms with Crippen molar-refractivity contribution < 1.29 is 19.8 Å². The Morgan fingerprint density at radius 3 is 1.67 bits per heavy atom. The molecular formula is C5H7O4. The SMILES string of the molecule is CC(C)(C([O])=O)C(=O)O. The highest BCUT2D eigenvalue weighted by molar-refractivity contribution is 5.96. The molecule has 0 unspecified atom stereocenters. The van der Waals surface area contributed by atoms with Gasteiger partial charge in [0, 0.05) is 0 Å². The Kier molecular flexibility index (Phi) is 1.80. The van der Waals surface area contributed by atoms with Crippen molar-refractivity contribution in [3.63, 3.8) is 0 Å². The van der Waals surface area contributed by atoms with E-state index in [-0.39, 0.29) is 0 Å². The standard InChI is InChI=1S/C5H7O4/c1-5(2,3(6)7)4(8)9/h1-2H3,(H,6,7). The summed E-state index contributed by atoms with van der Waals surface area (Å²) in [6, 6.07) is 0. The third kappa shape index (κ3) is 1.42. The van der Waals surface area contributed by atoms with Crippen LogP contribution < -0.4 is 0 Å². The van der Waals surface area contributed by atoms with Crippen LogP contribution in [0.2, 0.25) is 0 Å². The summed E-state index contributed by atoms with van der Waals surface area (Å²) in [6.07, 6.45) is 0. The lowest BCUT2D eigenvalue weighted by Gasteiger charge is -2.08. The van der Waals surface area contributed by atoms with Crippen LogP contribution in [-0.4, -0.2) is 17.0 Å². The summed E-state index contributed by atoms with van der Waals surface area (Å²) < 4.78 is 0. The highest BCUT2D eigenvalue weighted by atomic mass is 16.4. The second-order valence-corrected chi connectivity index (χ2v) is 2.22. The fourth-order valence-corrected chi connectivity index (χ4v) is 0.0873. The molecule has 0 aromatic rings. The number of carbonyl (C=O) groups excluding carboxylic acids is 1. The van der Waals surface area contributed by atoms with E-state index in [0.29, 0.717) is 0 Å². The lowest BCUT2D eigenvalue weighted by Crippen LogP contribution is -2.31. The van der Waals surface area contributed by atoms with E-state index in [9.17, 15) is 14.7 Å². The summed E-state index contributed by atoms with van der Waals surface area (Å²) in [5.41, 5.74) is -1.78. The van der Waals surface area contributed by atoms with Crippen LogP contribution in [0.5, 0.6) is 0 Å². The molecule has 1 N–H and O–H groups in total. The highest BCUT2D eigenvalue weighted by Gasteiger charge is 2.37. The van der Waals surface area contributed by atoms with Crippen LogP contribution in [0.1, 0.15) is 13.8 Å². The number of hydrogen-bond donors (Lipinski definition) is 1. The van der Waals surface area contributed by atoms with Gasteiger partial charge in [-0.25, -0.2) is 9.90 Å². The minimum atomic E-state index is -1.78. The summed E-state index contributed by atoms with van der Waals surface area (Å²) in [5, 5.41) is 18.2. The highest BCUT2D eigenvalue weighted by Crippen LogP contribution is 2.14. The van der Waals surface area contributed by atoms with Gasteiger partial charge < -0.3 is 5.11 Å². The largest absolute Gasteiger partial charge is 0.480 e. The topological polar surface area (TPSA) is 74.3 Å². The Labute approximate surface area is 52.1 Å². The second kappa shape index (κ2) is 2.05. The van der Waals surface area contributed by atoms with Gasteiger partial charge in [0.1, 0.15) is 0 Å². The molecular weight excluding hydrogens is 124 g/mol. The Bertz CT molecular complexity index is 131. The molecule has 1 radical (unpaired) electrons. The molecule has 0 bridgehead atoms. The normalized spacial score (nSPS) is 10.9. The van der Waals surface area contributed by atoms with Crippen LogP contribution in [-0.2, 0) is 14.7 Å². The van der Waals surface area contributed by atoms with Crippen molar-refractivity contribution in [1.82, 2.24) is 0 Å². The maximum absolute atomic E-state index is 10.0. The third-order valence-corrected chi connectivity index (χ3v) is 1.04. The molecule has 9 heavy (non-hydrogen) atoms. The first-order chi connectivity index (χ1) is 3.89. The monoisotopic (exact) mass is 131 g/mol. The average Bonchev–Trinajstić information content (AvgIpc) is 1.65. The van der Waals surface area contributed by atoms with Crippen molar-refractivity contribution in [1.29, 1.82) is 0 Å². The smallest absolute Gasteiger partial charge is 0.372 e. The fraction of sp³-hybridized carbons (Fsp3) is 0.600.